The van der Waals surface area contributed by atoms with E-state index in [1.165, 1.54) is 21.3 Å². The molecule has 0 aliphatic carbocycles. The Hall–Kier alpha value is -0.0231. The van der Waals surface area contributed by atoms with Crippen LogP contribution < -0.4 is 0 Å². The van der Waals surface area contributed by atoms with Crippen LogP contribution >= 0.6 is 0 Å². The number of methoxy groups -OCH3 is 3. The predicted molar refractivity (Wildman–Crippen MR) is 92.1 cm³/mol. The number of ether oxygens (including phenoxy) is 3. The summed E-state index contributed by atoms with van der Waals surface area (Å²) >= 11 is 0. The Bertz CT molecular complexity index is 239. The Morgan fingerprint density at radius 1 is 0.609 bits per heavy atom. The van der Waals surface area contributed by atoms with Crippen LogP contribution in [-0.4, -0.2) is 55.6 Å². The molecule has 0 saturated carbocycles. The molecule has 0 radical (unpaired) electrons. The molecule has 0 bridgehead atoms. The van der Waals surface area contributed by atoms with E-state index in [2.05, 4.69) is 20.8 Å². The van der Waals surface area contributed by atoms with Gasteiger partial charge in [-0.25, -0.2) is 0 Å². The van der Waals surface area contributed by atoms with E-state index in [0.29, 0.717) is 19.8 Å². The predicted octanol–water partition coefficient (Wildman–Crippen LogP) is 3.51. The molecule has 0 heterocycles. The van der Waals surface area contributed by atoms with Crippen LogP contribution in [0, 0.1) is 0 Å². The van der Waals surface area contributed by atoms with E-state index in [1.54, 1.807) is 0 Å². The van der Waals surface area contributed by atoms with Crippen LogP contribution in [0.25, 0.3) is 0 Å². The zero-order valence-electron chi connectivity index (χ0n) is 15.8. The van der Waals surface area contributed by atoms with Crippen LogP contribution in [0.3, 0.4) is 0 Å². The van der Waals surface area contributed by atoms with Crippen molar-refractivity contribution < 1.29 is 27.5 Å². The Labute approximate surface area is 143 Å². The fourth-order valence-corrected chi connectivity index (χ4v) is 4.84. The van der Waals surface area contributed by atoms with Crippen LogP contribution in [0.5, 0.6) is 0 Å². The van der Waals surface area contributed by atoms with Gasteiger partial charge in [0.25, 0.3) is 0 Å². The first-order valence-electron chi connectivity index (χ1n) is 8.69. The Kier molecular flexibility index (Phi) is 13.3. The van der Waals surface area contributed by atoms with E-state index >= 15 is 0 Å². The summed E-state index contributed by atoms with van der Waals surface area (Å²) in [4.78, 5) is 0. The van der Waals surface area contributed by atoms with E-state index in [0.717, 1.165) is 38.5 Å². The average molecular weight is 353 g/mol. The first-order valence-corrected chi connectivity index (χ1v) is 10.4. The summed E-state index contributed by atoms with van der Waals surface area (Å²) < 4.78 is 35.0. The molecule has 0 unspecified atom stereocenters. The van der Waals surface area contributed by atoms with Gasteiger partial charge >= 0.3 is 14.4 Å². The lowest BCUT2D eigenvalue weighted by molar-refractivity contribution is -0.329. The highest BCUT2D eigenvalue weighted by Crippen LogP contribution is 2.31. The highest BCUT2D eigenvalue weighted by Gasteiger charge is 2.66. The molecular formula is C16H36O6Si. The zero-order valence-corrected chi connectivity index (χ0v) is 16.8. The van der Waals surface area contributed by atoms with Gasteiger partial charge in [0.05, 0.1) is 0 Å². The molecule has 23 heavy (non-hydrogen) atoms. The van der Waals surface area contributed by atoms with Gasteiger partial charge in [-0.1, -0.05) is 40.0 Å². The number of unbranched alkanes of at least 4 members (excludes halogenated alkanes) is 3. The third kappa shape index (κ3) is 6.78. The second-order valence-corrected chi connectivity index (χ2v) is 7.92. The molecule has 6 nitrogen and oxygen atoms in total. The fraction of sp³-hybridized carbons (Fsp3) is 1.00. The summed E-state index contributed by atoms with van der Waals surface area (Å²) in [5, 5.41) is 0. The minimum atomic E-state index is -3.35. The maximum Gasteiger partial charge on any atom is 0.596 e. The van der Waals surface area contributed by atoms with Crippen molar-refractivity contribution in [3.8, 4) is 0 Å². The summed E-state index contributed by atoms with van der Waals surface area (Å²) in [6, 6.07) is 0. The number of hydrogen-bond acceptors (Lipinski definition) is 6. The molecule has 0 fully saturated rings. The molecule has 0 atom stereocenters. The van der Waals surface area contributed by atoms with Gasteiger partial charge in [0.2, 0.25) is 0 Å². The Morgan fingerprint density at radius 3 is 1.13 bits per heavy atom. The summed E-state index contributed by atoms with van der Waals surface area (Å²) in [5.41, 5.74) is -1.44. The monoisotopic (exact) mass is 352 g/mol. The second-order valence-electron chi connectivity index (χ2n) is 5.33. The first kappa shape index (κ1) is 23.0. The van der Waals surface area contributed by atoms with Gasteiger partial charge in [0, 0.05) is 41.2 Å². The molecule has 0 aliphatic heterocycles. The SMILES string of the molecule is CCCCO[Si](OCCCC)(OCCCC)C(OC)(OC)OC. The summed E-state index contributed by atoms with van der Waals surface area (Å²) in [6.45, 7) is 7.91. The van der Waals surface area contributed by atoms with Crippen molar-refractivity contribution >= 4 is 8.80 Å². The van der Waals surface area contributed by atoms with Crippen molar-refractivity contribution in [3.63, 3.8) is 0 Å². The molecule has 0 aromatic heterocycles. The Balaban J connectivity index is 5.38. The molecule has 0 saturated heterocycles. The van der Waals surface area contributed by atoms with E-state index in [-0.39, 0.29) is 0 Å². The molecule has 0 N–H and O–H groups in total. The van der Waals surface area contributed by atoms with Gasteiger partial charge in [-0.15, -0.1) is 0 Å². The third-order valence-corrected chi connectivity index (χ3v) is 6.67. The smallest absolute Gasteiger partial charge is 0.369 e. The van der Waals surface area contributed by atoms with Gasteiger partial charge < -0.3 is 27.5 Å². The normalized spacial score (nSPS) is 12.8. The Morgan fingerprint density at radius 2 is 0.913 bits per heavy atom. The average Bonchev–Trinajstić information content (AvgIpc) is 2.57. The van der Waals surface area contributed by atoms with E-state index in [9.17, 15) is 0 Å². The maximum absolute atomic E-state index is 6.12. The minimum Gasteiger partial charge on any atom is -0.369 e. The van der Waals surface area contributed by atoms with Crippen molar-refractivity contribution in [3.05, 3.63) is 0 Å². The van der Waals surface area contributed by atoms with Crippen molar-refractivity contribution in [1.29, 1.82) is 0 Å². The van der Waals surface area contributed by atoms with Gasteiger partial charge in [-0.2, -0.15) is 0 Å². The summed E-state index contributed by atoms with van der Waals surface area (Å²) in [7, 11) is 1.20. The van der Waals surface area contributed by atoms with Gasteiger partial charge in [-0.3, -0.25) is 0 Å². The molecule has 140 valence electrons. The standard InChI is InChI=1S/C16H36O6Si/c1-7-10-13-20-23(21-14-11-8-2,22-15-12-9-3)16(17-4,18-5)19-6/h7-15H2,1-6H3. The van der Waals surface area contributed by atoms with Gasteiger partial charge in [0.1, 0.15) is 0 Å². The number of rotatable bonds is 16. The van der Waals surface area contributed by atoms with Crippen LogP contribution in [0.1, 0.15) is 59.3 Å². The molecule has 0 aliphatic rings. The molecule has 0 aromatic carbocycles. The van der Waals surface area contributed by atoms with Crippen molar-refractivity contribution in [2.75, 3.05) is 41.2 Å². The molecule has 0 spiro atoms. The molecule has 7 heteroatoms. The quantitative estimate of drug-likeness (QED) is 0.241. The minimum absolute atomic E-state index is 0.527. The summed E-state index contributed by atoms with van der Waals surface area (Å²) in [6.07, 6.45) is 5.81. The fourth-order valence-electron chi connectivity index (χ4n) is 2.07. The van der Waals surface area contributed by atoms with Crippen LogP contribution in [0.2, 0.25) is 0 Å². The molecule has 0 rings (SSSR count). The van der Waals surface area contributed by atoms with Crippen LogP contribution in [0.4, 0.5) is 0 Å². The molecular weight excluding hydrogens is 316 g/mol. The van der Waals surface area contributed by atoms with Crippen molar-refractivity contribution in [2.45, 2.75) is 64.9 Å². The second kappa shape index (κ2) is 13.3. The maximum atomic E-state index is 6.12. The molecule has 0 aromatic rings. The third-order valence-electron chi connectivity index (χ3n) is 3.55. The topological polar surface area (TPSA) is 55.4 Å². The van der Waals surface area contributed by atoms with Gasteiger partial charge in [-0.05, 0) is 19.3 Å². The van der Waals surface area contributed by atoms with E-state index < -0.39 is 14.4 Å². The van der Waals surface area contributed by atoms with Gasteiger partial charge in [0.15, 0.2) is 0 Å². The van der Waals surface area contributed by atoms with E-state index in [4.69, 9.17) is 27.5 Å². The van der Waals surface area contributed by atoms with E-state index in [1.807, 2.05) is 0 Å². The lowest BCUT2D eigenvalue weighted by Gasteiger charge is -2.41. The summed E-state index contributed by atoms with van der Waals surface area (Å²) in [5.74, 6) is 0. The van der Waals surface area contributed by atoms with Crippen LogP contribution in [0.15, 0.2) is 0 Å². The molecule has 0 amide bonds. The largest absolute Gasteiger partial charge is 0.596 e. The first-order chi connectivity index (χ1) is 11.1. The lowest BCUT2D eigenvalue weighted by Crippen LogP contribution is -2.68. The highest BCUT2D eigenvalue weighted by molar-refractivity contribution is 6.63. The van der Waals surface area contributed by atoms with Crippen molar-refractivity contribution in [1.82, 2.24) is 0 Å². The number of hydrogen-bond donors (Lipinski definition) is 0. The zero-order chi connectivity index (χ0) is 17.6. The van der Waals surface area contributed by atoms with Crippen LogP contribution in [-0.2, 0) is 27.5 Å². The lowest BCUT2D eigenvalue weighted by atomic mass is 10.4. The highest BCUT2D eigenvalue weighted by atomic mass is 28.4. The van der Waals surface area contributed by atoms with Crippen molar-refractivity contribution in [2.24, 2.45) is 0 Å².